The van der Waals surface area contributed by atoms with Gasteiger partial charge in [-0.1, -0.05) is 22.0 Å². The molecule has 1 saturated heterocycles. The molecule has 118 valence electrons. The lowest BCUT2D eigenvalue weighted by Crippen LogP contribution is -2.49. The summed E-state index contributed by atoms with van der Waals surface area (Å²) in [5.41, 5.74) is 1.76. The van der Waals surface area contributed by atoms with Gasteiger partial charge in [-0.05, 0) is 24.6 Å². The summed E-state index contributed by atoms with van der Waals surface area (Å²) >= 11 is 3.42. The molecule has 21 heavy (non-hydrogen) atoms. The Morgan fingerprint density at radius 1 is 1.24 bits per heavy atom. The Morgan fingerprint density at radius 3 is 2.33 bits per heavy atom. The van der Waals surface area contributed by atoms with Crippen LogP contribution < -0.4 is 4.90 Å². The molecule has 0 saturated carbocycles. The third-order valence-corrected chi connectivity index (χ3v) is 4.26. The molecule has 1 N–H and O–H groups in total. The van der Waals surface area contributed by atoms with Crippen LogP contribution in [0.3, 0.4) is 0 Å². The molecule has 0 unspecified atom stereocenters. The van der Waals surface area contributed by atoms with Crippen LogP contribution in [-0.2, 0) is 0 Å². The lowest BCUT2D eigenvalue weighted by Gasteiger charge is -2.36. The van der Waals surface area contributed by atoms with Gasteiger partial charge in [-0.2, -0.15) is 13.2 Å². The number of rotatable bonds is 3. The number of anilines is 1. The van der Waals surface area contributed by atoms with Crippen LogP contribution in [0.1, 0.15) is 18.6 Å². The lowest BCUT2D eigenvalue weighted by molar-refractivity contribution is -0.146. The Hall–Kier alpha value is -0.790. The third-order valence-electron chi connectivity index (χ3n) is 3.57. The predicted molar refractivity (Wildman–Crippen MR) is 79.5 cm³/mol. The molecule has 3 nitrogen and oxygen atoms in total. The van der Waals surface area contributed by atoms with Crippen LogP contribution in [0.2, 0.25) is 0 Å². The summed E-state index contributed by atoms with van der Waals surface area (Å²) < 4.78 is 37.9. The molecule has 0 bridgehead atoms. The van der Waals surface area contributed by atoms with Crippen molar-refractivity contribution in [2.24, 2.45) is 0 Å². The van der Waals surface area contributed by atoms with Crippen molar-refractivity contribution in [1.29, 1.82) is 0 Å². The highest BCUT2D eigenvalue weighted by Gasteiger charge is 2.32. The van der Waals surface area contributed by atoms with Gasteiger partial charge in [0.25, 0.3) is 0 Å². The topological polar surface area (TPSA) is 26.7 Å². The van der Waals surface area contributed by atoms with Crippen molar-refractivity contribution in [2.75, 3.05) is 37.6 Å². The van der Waals surface area contributed by atoms with E-state index in [1.54, 1.807) is 6.92 Å². The van der Waals surface area contributed by atoms with Crippen molar-refractivity contribution in [3.05, 3.63) is 28.2 Å². The van der Waals surface area contributed by atoms with E-state index in [-0.39, 0.29) is 0 Å². The highest BCUT2D eigenvalue weighted by Crippen LogP contribution is 2.29. The van der Waals surface area contributed by atoms with Crippen LogP contribution in [0.4, 0.5) is 18.9 Å². The Kier molecular flexibility index (Phi) is 5.16. The largest absolute Gasteiger partial charge is 0.401 e. The van der Waals surface area contributed by atoms with Crippen molar-refractivity contribution >= 4 is 21.6 Å². The third kappa shape index (κ3) is 4.59. The van der Waals surface area contributed by atoms with Crippen molar-refractivity contribution < 1.29 is 18.3 Å². The quantitative estimate of drug-likeness (QED) is 0.889. The molecular weight excluding hydrogens is 349 g/mol. The second kappa shape index (κ2) is 6.54. The van der Waals surface area contributed by atoms with Gasteiger partial charge in [0, 0.05) is 36.3 Å². The standard InChI is InChI=1S/C14H18BrF3N2O/c1-10(21)12-3-2-11(8-13(12)15)20-6-4-19(5-7-20)9-14(16,17)18/h2-3,8,10,21H,4-7,9H2,1H3/t10-/m1/s1. The molecule has 2 rings (SSSR count). The maximum absolute atomic E-state index is 12.3. The van der Waals surface area contributed by atoms with Gasteiger partial charge in [0.1, 0.15) is 0 Å². The number of hydrogen-bond acceptors (Lipinski definition) is 3. The van der Waals surface area contributed by atoms with Gasteiger partial charge < -0.3 is 10.0 Å². The summed E-state index contributed by atoms with van der Waals surface area (Å²) in [6.07, 6.45) is -4.69. The smallest absolute Gasteiger partial charge is 0.389 e. The van der Waals surface area contributed by atoms with Gasteiger partial charge in [-0.25, -0.2) is 0 Å². The molecule has 7 heteroatoms. The molecule has 1 heterocycles. The average Bonchev–Trinajstić information content (AvgIpc) is 2.37. The molecule has 0 radical (unpaired) electrons. The first kappa shape index (κ1) is 16.6. The van der Waals surface area contributed by atoms with E-state index in [4.69, 9.17) is 0 Å². The number of benzene rings is 1. The van der Waals surface area contributed by atoms with Crippen LogP contribution in [0.5, 0.6) is 0 Å². The highest BCUT2D eigenvalue weighted by molar-refractivity contribution is 9.10. The van der Waals surface area contributed by atoms with E-state index in [2.05, 4.69) is 20.8 Å². The summed E-state index contributed by atoms with van der Waals surface area (Å²) in [7, 11) is 0. The zero-order valence-corrected chi connectivity index (χ0v) is 13.3. The van der Waals surface area contributed by atoms with Gasteiger partial charge in [0.05, 0.1) is 12.6 Å². The van der Waals surface area contributed by atoms with Crippen LogP contribution in [-0.4, -0.2) is 48.9 Å². The van der Waals surface area contributed by atoms with E-state index in [9.17, 15) is 18.3 Å². The molecule has 1 aromatic rings. The number of alkyl halides is 3. The maximum Gasteiger partial charge on any atom is 0.401 e. The number of hydrogen-bond donors (Lipinski definition) is 1. The van der Waals surface area contributed by atoms with Gasteiger partial charge in [0.2, 0.25) is 0 Å². The molecule has 0 aromatic heterocycles. The molecular formula is C14H18BrF3N2O. The minimum atomic E-state index is -4.13. The zero-order chi connectivity index (χ0) is 15.6. The summed E-state index contributed by atoms with van der Waals surface area (Å²) in [4.78, 5) is 3.49. The zero-order valence-electron chi connectivity index (χ0n) is 11.7. The van der Waals surface area contributed by atoms with E-state index in [0.717, 1.165) is 15.7 Å². The molecule has 0 spiro atoms. The fraction of sp³-hybridized carbons (Fsp3) is 0.571. The van der Waals surface area contributed by atoms with Gasteiger partial charge in [-0.15, -0.1) is 0 Å². The van der Waals surface area contributed by atoms with Crippen molar-refractivity contribution in [2.45, 2.75) is 19.2 Å². The normalized spacial score (nSPS) is 18.9. The molecule has 0 amide bonds. The molecule has 1 aliphatic heterocycles. The van der Waals surface area contributed by atoms with E-state index in [0.29, 0.717) is 26.2 Å². The van der Waals surface area contributed by atoms with Crippen LogP contribution in [0.25, 0.3) is 0 Å². The first-order valence-electron chi connectivity index (χ1n) is 6.78. The Balaban J connectivity index is 1.98. The molecule has 1 fully saturated rings. The number of aliphatic hydroxyl groups is 1. The van der Waals surface area contributed by atoms with Crippen molar-refractivity contribution in [3.8, 4) is 0 Å². The van der Waals surface area contributed by atoms with Crippen LogP contribution in [0.15, 0.2) is 22.7 Å². The number of aliphatic hydroxyl groups excluding tert-OH is 1. The summed E-state index contributed by atoms with van der Waals surface area (Å²) in [5.74, 6) is 0. The van der Waals surface area contributed by atoms with E-state index < -0.39 is 18.8 Å². The molecule has 0 aliphatic carbocycles. The molecule has 1 atom stereocenters. The first-order chi connectivity index (χ1) is 9.76. The van der Waals surface area contributed by atoms with Gasteiger partial charge in [0.15, 0.2) is 0 Å². The minimum absolute atomic E-state index is 0.398. The average molecular weight is 367 g/mol. The predicted octanol–water partition coefficient (Wildman–Crippen LogP) is 3.19. The summed E-state index contributed by atoms with van der Waals surface area (Å²) in [5, 5.41) is 9.59. The second-order valence-corrected chi connectivity index (χ2v) is 6.11. The first-order valence-corrected chi connectivity index (χ1v) is 7.57. The SMILES string of the molecule is C[C@@H](O)c1ccc(N2CCN(CC(F)(F)F)CC2)cc1Br. The van der Waals surface area contributed by atoms with Gasteiger partial charge in [-0.3, -0.25) is 4.90 Å². The molecule has 1 aliphatic rings. The molecule has 1 aromatic carbocycles. The van der Waals surface area contributed by atoms with E-state index in [1.165, 1.54) is 4.90 Å². The monoisotopic (exact) mass is 366 g/mol. The van der Waals surface area contributed by atoms with Crippen molar-refractivity contribution in [1.82, 2.24) is 4.90 Å². The highest BCUT2D eigenvalue weighted by atomic mass is 79.9. The van der Waals surface area contributed by atoms with Crippen molar-refractivity contribution in [3.63, 3.8) is 0 Å². The van der Waals surface area contributed by atoms with E-state index >= 15 is 0 Å². The minimum Gasteiger partial charge on any atom is -0.389 e. The van der Waals surface area contributed by atoms with Gasteiger partial charge >= 0.3 is 6.18 Å². The number of halogens is 4. The van der Waals surface area contributed by atoms with Crippen LogP contribution >= 0.6 is 15.9 Å². The Labute approximate surface area is 130 Å². The second-order valence-electron chi connectivity index (χ2n) is 5.26. The van der Waals surface area contributed by atoms with Crippen LogP contribution in [0, 0.1) is 0 Å². The summed E-state index contributed by atoms with van der Waals surface area (Å²) in [6.45, 7) is 2.78. The maximum atomic E-state index is 12.3. The summed E-state index contributed by atoms with van der Waals surface area (Å²) in [6, 6.07) is 5.64. The lowest BCUT2D eigenvalue weighted by atomic mass is 10.1. The Morgan fingerprint density at radius 2 is 1.86 bits per heavy atom. The fourth-order valence-corrected chi connectivity index (χ4v) is 3.17. The van der Waals surface area contributed by atoms with E-state index in [1.807, 2.05) is 18.2 Å². The Bertz CT molecular complexity index is 486. The number of nitrogens with zero attached hydrogens (tertiary/aromatic N) is 2. The number of piperazine rings is 1. The fourth-order valence-electron chi connectivity index (χ4n) is 2.47.